The largest absolute Gasteiger partial charge is 0.393 e. The third kappa shape index (κ3) is 5.91. The van der Waals surface area contributed by atoms with Gasteiger partial charge in [-0.05, 0) is 33.6 Å². The first-order chi connectivity index (χ1) is 8.31. The summed E-state index contributed by atoms with van der Waals surface area (Å²) in [6.07, 6.45) is -4.50. The first kappa shape index (κ1) is 18.4. The third-order valence-corrected chi connectivity index (χ3v) is 4.40. The van der Waals surface area contributed by atoms with Gasteiger partial charge in [-0.3, -0.25) is 0 Å². The van der Waals surface area contributed by atoms with Crippen molar-refractivity contribution < 1.29 is 17.4 Å². The second kappa shape index (κ2) is 6.23. The number of hydrogen-bond acceptors (Lipinski definition) is 2. The van der Waals surface area contributed by atoms with Gasteiger partial charge in [0, 0.05) is 0 Å². The highest BCUT2D eigenvalue weighted by Gasteiger charge is 2.46. The van der Waals surface area contributed by atoms with Gasteiger partial charge in [-0.1, -0.05) is 13.8 Å². The van der Waals surface area contributed by atoms with Gasteiger partial charge in [0.1, 0.15) is 6.04 Å². The molecule has 0 saturated carbocycles. The molecule has 0 rings (SSSR count). The van der Waals surface area contributed by atoms with Crippen LogP contribution in [-0.4, -0.2) is 21.2 Å². The maximum atomic E-state index is 12.7. The predicted octanol–water partition coefficient (Wildman–Crippen LogP) is 3.30. The van der Waals surface area contributed by atoms with Crippen LogP contribution < -0.4 is 4.72 Å². The number of nitrogens with one attached hydrogen (secondary N) is 1. The molecule has 0 aliphatic carbocycles. The zero-order valence-corrected chi connectivity index (χ0v) is 12.7. The molecule has 0 aromatic rings. The minimum Gasteiger partial charge on any atom is -0.242 e. The molecule has 1 unspecified atom stereocenters. The van der Waals surface area contributed by atoms with E-state index in [4.69, 9.17) is 5.26 Å². The van der Waals surface area contributed by atoms with Crippen LogP contribution in [0.5, 0.6) is 0 Å². The normalized spacial score (nSPS) is 16.8. The Balaban J connectivity index is 4.55. The molecule has 0 bridgehead atoms. The number of nitrogens with zero attached hydrogens (tertiary/aromatic N) is 1. The van der Waals surface area contributed by atoms with Crippen LogP contribution in [0, 0.1) is 16.7 Å². The molecule has 0 aromatic carbocycles. The molecular formula is C12H21F3N2OS. The number of nitriles is 1. The maximum Gasteiger partial charge on any atom is 0.393 e. The summed E-state index contributed by atoms with van der Waals surface area (Å²) in [6, 6.07) is 1.01. The Morgan fingerprint density at radius 3 is 2.00 bits per heavy atom. The molecule has 0 saturated heterocycles. The standard InChI is InChI=1S/C12H21F3N2OS/c1-10(2,3)19(18)17-9(8-16)6-7-11(4,5)12(13,14)15/h9,17H,6-7H2,1-5H3/t9-,19?/m0/s1. The molecule has 112 valence electrons. The molecule has 0 spiro atoms. The van der Waals surface area contributed by atoms with Crippen LogP contribution in [0.25, 0.3) is 0 Å². The van der Waals surface area contributed by atoms with Crippen LogP contribution in [0.1, 0.15) is 47.5 Å². The predicted molar refractivity (Wildman–Crippen MR) is 69.5 cm³/mol. The van der Waals surface area contributed by atoms with Crippen molar-refractivity contribution in [1.82, 2.24) is 4.72 Å². The van der Waals surface area contributed by atoms with Gasteiger partial charge in [0.15, 0.2) is 0 Å². The van der Waals surface area contributed by atoms with Crippen LogP contribution in [0.15, 0.2) is 0 Å². The minimum atomic E-state index is -4.31. The van der Waals surface area contributed by atoms with Crippen LogP contribution in [0.2, 0.25) is 0 Å². The summed E-state index contributed by atoms with van der Waals surface area (Å²) in [7, 11) is -1.47. The van der Waals surface area contributed by atoms with E-state index >= 15 is 0 Å². The first-order valence-electron chi connectivity index (χ1n) is 5.95. The average molecular weight is 298 g/mol. The lowest BCUT2D eigenvalue weighted by Gasteiger charge is -2.29. The molecule has 19 heavy (non-hydrogen) atoms. The third-order valence-electron chi connectivity index (χ3n) is 2.79. The first-order valence-corrected chi connectivity index (χ1v) is 7.10. The minimum absolute atomic E-state index is 0.00479. The van der Waals surface area contributed by atoms with E-state index in [0.29, 0.717) is 0 Å². The van der Waals surface area contributed by atoms with Crippen LogP contribution in [0.4, 0.5) is 13.2 Å². The van der Waals surface area contributed by atoms with Crippen molar-refractivity contribution in [3.63, 3.8) is 0 Å². The summed E-state index contributed by atoms with van der Waals surface area (Å²) in [5.41, 5.74) is -1.85. The van der Waals surface area contributed by atoms with E-state index in [1.807, 2.05) is 6.07 Å². The molecule has 0 amide bonds. The van der Waals surface area contributed by atoms with Crippen molar-refractivity contribution >= 4 is 11.0 Å². The fraction of sp³-hybridized carbons (Fsp3) is 0.917. The van der Waals surface area contributed by atoms with E-state index in [2.05, 4.69) is 4.72 Å². The lowest BCUT2D eigenvalue weighted by Crippen LogP contribution is -2.40. The molecule has 2 atom stereocenters. The summed E-state index contributed by atoms with van der Waals surface area (Å²) in [5, 5.41) is 8.91. The van der Waals surface area contributed by atoms with Crippen LogP contribution in [0.3, 0.4) is 0 Å². The van der Waals surface area contributed by atoms with E-state index < -0.39 is 33.4 Å². The van der Waals surface area contributed by atoms with Crippen LogP contribution in [-0.2, 0) is 11.0 Å². The van der Waals surface area contributed by atoms with Crippen LogP contribution >= 0.6 is 0 Å². The summed E-state index contributed by atoms with van der Waals surface area (Å²) < 4.78 is 51.8. The number of hydrogen-bond donors (Lipinski definition) is 1. The molecule has 0 radical (unpaired) electrons. The molecule has 7 heteroatoms. The van der Waals surface area contributed by atoms with E-state index in [9.17, 15) is 17.4 Å². The Morgan fingerprint density at radius 1 is 1.21 bits per heavy atom. The summed E-state index contributed by atoms with van der Waals surface area (Å²) in [6.45, 7) is 7.38. The molecule has 3 nitrogen and oxygen atoms in total. The fourth-order valence-corrected chi connectivity index (χ4v) is 1.89. The monoisotopic (exact) mass is 298 g/mol. The average Bonchev–Trinajstić information content (AvgIpc) is 2.20. The Kier molecular flexibility index (Phi) is 6.03. The van der Waals surface area contributed by atoms with Gasteiger partial charge in [-0.25, -0.2) is 8.93 Å². The second-order valence-electron chi connectivity index (χ2n) is 6.10. The second-order valence-corrected chi connectivity index (χ2v) is 8.10. The Bertz CT molecular complexity index is 367. The maximum absolute atomic E-state index is 12.7. The van der Waals surface area contributed by atoms with Crippen molar-refractivity contribution in [2.45, 2.75) is 64.4 Å². The van der Waals surface area contributed by atoms with E-state index in [0.717, 1.165) is 13.8 Å². The number of halogens is 3. The zero-order valence-electron chi connectivity index (χ0n) is 11.9. The van der Waals surface area contributed by atoms with Crippen molar-refractivity contribution in [1.29, 1.82) is 5.26 Å². The van der Waals surface area contributed by atoms with Gasteiger partial charge < -0.3 is 0 Å². The lowest BCUT2D eigenvalue weighted by atomic mass is 9.86. The van der Waals surface area contributed by atoms with Crippen molar-refractivity contribution in [2.75, 3.05) is 0 Å². The Labute approximate surface area is 115 Å². The highest BCUT2D eigenvalue weighted by atomic mass is 32.2. The van der Waals surface area contributed by atoms with E-state index in [1.165, 1.54) is 0 Å². The highest BCUT2D eigenvalue weighted by Crippen LogP contribution is 2.41. The molecule has 0 aromatic heterocycles. The molecule has 1 N–H and O–H groups in total. The fourth-order valence-electron chi connectivity index (χ4n) is 1.10. The smallest absolute Gasteiger partial charge is 0.242 e. The van der Waals surface area contributed by atoms with Gasteiger partial charge in [0.05, 0.1) is 27.2 Å². The van der Waals surface area contributed by atoms with Crippen molar-refractivity contribution in [3.8, 4) is 6.07 Å². The Morgan fingerprint density at radius 2 is 1.68 bits per heavy atom. The topological polar surface area (TPSA) is 52.9 Å². The highest BCUT2D eigenvalue weighted by molar-refractivity contribution is 7.84. The quantitative estimate of drug-likeness (QED) is 0.846. The van der Waals surface area contributed by atoms with Gasteiger partial charge in [0.2, 0.25) is 0 Å². The van der Waals surface area contributed by atoms with Gasteiger partial charge >= 0.3 is 6.18 Å². The summed E-state index contributed by atoms with van der Waals surface area (Å²) >= 11 is 0. The molecular weight excluding hydrogens is 277 g/mol. The number of rotatable bonds is 5. The summed E-state index contributed by atoms with van der Waals surface area (Å²) in [4.78, 5) is 0. The molecule has 0 heterocycles. The summed E-state index contributed by atoms with van der Waals surface area (Å²) in [5.74, 6) is 0. The van der Waals surface area contributed by atoms with Crippen molar-refractivity contribution in [2.24, 2.45) is 5.41 Å². The lowest BCUT2D eigenvalue weighted by molar-refractivity contribution is -0.214. The zero-order chi connectivity index (χ0) is 15.5. The Hall–Kier alpha value is -0.610. The van der Waals surface area contributed by atoms with Crippen molar-refractivity contribution in [3.05, 3.63) is 0 Å². The number of alkyl halides is 3. The van der Waals surface area contributed by atoms with Gasteiger partial charge in [-0.15, -0.1) is 0 Å². The van der Waals surface area contributed by atoms with E-state index in [1.54, 1.807) is 20.8 Å². The van der Waals surface area contributed by atoms with Gasteiger partial charge in [-0.2, -0.15) is 18.4 Å². The van der Waals surface area contributed by atoms with Gasteiger partial charge in [0.25, 0.3) is 0 Å². The molecule has 0 aliphatic heterocycles. The SMILES string of the molecule is CC(C)(C)S(=O)N[C@H](C#N)CCC(C)(C)C(F)(F)F. The molecule has 0 aliphatic rings. The van der Waals surface area contributed by atoms with E-state index in [-0.39, 0.29) is 12.8 Å². The molecule has 0 fully saturated rings.